The maximum Gasteiger partial charge on any atom is 0.338 e. The van der Waals surface area contributed by atoms with Gasteiger partial charge in [-0.2, -0.15) is 0 Å². The van der Waals surface area contributed by atoms with Crippen molar-refractivity contribution in [3.05, 3.63) is 63.1 Å². The largest absolute Gasteiger partial charge is 0.478 e. The fraction of sp³-hybridized carbons (Fsp3) is 0.133. The van der Waals surface area contributed by atoms with Gasteiger partial charge < -0.3 is 10.0 Å². The Hall–Kier alpha value is -1.52. The molecule has 0 aliphatic carbocycles. The first kappa shape index (κ1) is 14.9. The highest BCUT2D eigenvalue weighted by Crippen LogP contribution is 2.28. The molecule has 1 N–H and O–H groups in total. The van der Waals surface area contributed by atoms with Gasteiger partial charge in [-0.3, -0.25) is 0 Å². The molecule has 20 heavy (non-hydrogen) atoms. The molecule has 2 aromatic carbocycles. The molecule has 0 aliphatic heterocycles. The molecule has 104 valence electrons. The molecule has 5 heteroatoms. The van der Waals surface area contributed by atoms with Crippen LogP contribution in [0.2, 0.25) is 5.02 Å². The average molecular weight is 355 g/mol. The van der Waals surface area contributed by atoms with Crippen LogP contribution in [0.1, 0.15) is 15.9 Å². The van der Waals surface area contributed by atoms with Crippen LogP contribution in [-0.2, 0) is 6.54 Å². The maximum atomic E-state index is 11.4. The van der Waals surface area contributed by atoms with E-state index < -0.39 is 5.97 Å². The zero-order valence-electron chi connectivity index (χ0n) is 10.8. The number of rotatable bonds is 4. The van der Waals surface area contributed by atoms with E-state index in [9.17, 15) is 9.90 Å². The molecule has 0 unspecified atom stereocenters. The van der Waals surface area contributed by atoms with Crippen LogP contribution >= 0.6 is 27.5 Å². The lowest BCUT2D eigenvalue weighted by Crippen LogP contribution is -2.19. The van der Waals surface area contributed by atoms with E-state index in [2.05, 4.69) is 15.9 Å². The van der Waals surface area contributed by atoms with Gasteiger partial charge in [0.25, 0.3) is 0 Å². The number of carboxylic acid groups (broad SMARTS) is 1. The lowest BCUT2D eigenvalue weighted by atomic mass is 10.1. The molecule has 2 aromatic rings. The molecule has 2 rings (SSSR count). The summed E-state index contributed by atoms with van der Waals surface area (Å²) in [4.78, 5) is 13.3. The molecule has 0 aromatic heterocycles. The van der Waals surface area contributed by atoms with Crippen LogP contribution in [0.4, 0.5) is 5.69 Å². The number of nitrogens with zero attached hydrogens (tertiary/aromatic N) is 1. The SMILES string of the molecule is CN(Cc1ccc(Cl)cc1)c1cccc(Br)c1C(=O)O. The third kappa shape index (κ3) is 3.32. The molecule has 0 bridgehead atoms. The van der Waals surface area contributed by atoms with Gasteiger partial charge in [-0.05, 0) is 45.8 Å². The van der Waals surface area contributed by atoms with Gasteiger partial charge >= 0.3 is 5.97 Å². The van der Waals surface area contributed by atoms with Crippen LogP contribution in [0.15, 0.2) is 46.9 Å². The molecule has 0 heterocycles. The van der Waals surface area contributed by atoms with Crippen molar-refractivity contribution in [2.45, 2.75) is 6.54 Å². The minimum Gasteiger partial charge on any atom is -0.478 e. The van der Waals surface area contributed by atoms with Crippen LogP contribution in [-0.4, -0.2) is 18.1 Å². The van der Waals surface area contributed by atoms with Crippen molar-refractivity contribution in [3.63, 3.8) is 0 Å². The summed E-state index contributed by atoms with van der Waals surface area (Å²) in [5.74, 6) is -0.949. The van der Waals surface area contributed by atoms with Crippen molar-refractivity contribution in [3.8, 4) is 0 Å². The molecule has 0 fully saturated rings. The first-order valence-electron chi connectivity index (χ1n) is 5.96. The van der Waals surface area contributed by atoms with E-state index in [0.29, 0.717) is 21.7 Å². The predicted octanol–water partition coefficient (Wildman–Crippen LogP) is 4.44. The zero-order chi connectivity index (χ0) is 14.7. The minimum atomic E-state index is -0.949. The Morgan fingerprint density at radius 3 is 2.50 bits per heavy atom. The first-order valence-corrected chi connectivity index (χ1v) is 7.13. The summed E-state index contributed by atoms with van der Waals surface area (Å²) in [5.41, 5.74) is 2.00. The van der Waals surface area contributed by atoms with Crippen molar-refractivity contribution in [2.75, 3.05) is 11.9 Å². The second-order valence-corrected chi connectivity index (χ2v) is 5.71. The van der Waals surface area contributed by atoms with Crippen LogP contribution in [0, 0.1) is 0 Å². The van der Waals surface area contributed by atoms with E-state index in [1.807, 2.05) is 42.3 Å². The van der Waals surface area contributed by atoms with Crippen LogP contribution < -0.4 is 4.90 Å². The summed E-state index contributed by atoms with van der Waals surface area (Å²) in [6.45, 7) is 0.605. The molecule has 0 saturated heterocycles. The molecule has 0 atom stereocenters. The molecule has 0 amide bonds. The lowest BCUT2D eigenvalue weighted by Gasteiger charge is -2.22. The van der Waals surface area contributed by atoms with Crippen LogP contribution in [0.25, 0.3) is 0 Å². The Morgan fingerprint density at radius 1 is 1.25 bits per heavy atom. The van der Waals surface area contributed by atoms with Crippen molar-refractivity contribution >= 4 is 39.2 Å². The Balaban J connectivity index is 2.29. The normalized spacial score (nSPS) is 10.3. The lowest BCUT2D eigenvalue weighted by molar-refractivity contribution is 0.0696. The fourth-order valence-corrected chi connectivity index (χ4v) is 2.64. The summed E-state index contributed by atoms with van der Waals surface area (Å²) in [6.07, 6.45) is 0. The van der Waals surface area contributed by atoms with Crippen LogP contribution in [0.5, 0.6) is 0 Å². The van der Waals surface area contributed by atoms with E-state index in [-0.39, 0.29) is 5.56 Å². The van der Waals surface area contributed by atoms with E-state index in [1.54, 1.807) is 12.1 Å². The number of halogens is 2. The quantitative estimate of drug-likeness (QED) is 0.882. The minimum absolute atomic E-state index is 0.268. The van der Waals surface area contributed by atoms with Crippen molar-refractivity contribution < 1.29 is 9.90 Å². The molecular weight excluding hydrogens is 342 g/mol. The number of carboxylic acids is 1. The van der Waals surface area contributed by atoms with Gasteiger partial charge in [0, 0.05) is 23.1 Å². The molecule has 0 radical (unpaired) electrons. The molecule has 0 aliphatic rings. The van der Waals surface area contributed by atoms with Gasteiger partial charge in [-0.15, -0.1) is 0 Å². The maximum absolute atomic E-state index is 11.4. The highest BCUT2D eigenvalue weighted by atomic mass is 79.9. The van der Waals surface area contributed by atoms with Gasteiger partial charge in [0.15, 0.2) is 0 Å². The first-order chi connectivity index (χ1) is 9.49. The van der Waals surface area contributed by atoms with E-state index in [1.165, 1.54) is 0 Å². The summed E-state index contributed by atoms with van der Waals surface area (Å²) < 4.78 is 0.574. The molecule has 3 nitrogen and oxygen atoms in total. The highest BCUT2D eigenvalue weighted by Gasteiger charge is 2.16. The Bertz CT molecular complexity index is 628. The summed E-state index contributed by atoms with van der Waals surface area (Å²) in [5, 5.41) is 10.0. The number of hydrogen-bond acceptors (Lipinski definition) is 2. The fourth-order valence-electron chi connectivity index (χ4n) is 1.99. The van der Waals surface area contributed by atoms with Crippen molar-refractivity contribution in [1.82, 2.24) is 0 Å². The van der Waals surface area contributed by atoms with E-state index in [0.717, 1.165) is 5.56 Å². The average Bonchev–Trinajstić information content (AvgIpc) is 2.40. The van der Waals surface area contributed by atoms with Gasteiger partial charge in [0.05, 0.1) is 11.3 Å². The molecule has 0 spiro atoms. The topological polar surface area (TPSA) is 40.5 Å². The second-order valence-electron chi connectivity index (χ2n) is 4.42. The van der Waals surface area contributed by atoms with Crippen LogP contribution in [0.3, 0.4) is 0 Å². The van der Waals surface area contributed by atoms with Gasteiger partial charge in [0.2, 0.25) is 0 Å². The van der Waals surface area contributed by atoms with E-state index >= 15 is 0 Å². The number of anilines is 1. The van der Waals surface area contributed by atoms with Gasteiger partial charge in [-0.25, -0.2) is 4.79 Å². The number of hydrogen-bond donors (Lipinski definition) is 1. The second kappa shape index (κ2) is 6.29. The molecule has 0 saturated carbocycles. The Labute approximate surface area is 130 Å². The standard InChI is InChI=1S/C15H13BrClNO2/c1-18(9-10-5-7-11(17)8-6-10)13-4-2-3-12(16)14(13)15(19)20/h2-8H,9H2,1H3,(H,19,20). The summed E-state index contributed by atoms with van der Waals surface area (Å²) in [6, 6.07) is 12.8. The number of aromatic carboxylic acids is 1. The van der Waals surface area contributed by atoms with Gasteiger partial charge in [-0.1, -0.05) is 29.8 Å². The number of benzene rings is 2. The van der Waals surface area contributed by atoms with Crippen molar-refractivity contribution in [2.24, 2.45) is 0 Å². The third-order valence-electron chi connectivity index (χ3n) is 2.95. The monoisotopic (exact) mass is 353 g/mol. The van der Waals surface area contributed by atoms with Gasteiger partial charge in [0.1, 0.15) is 0 Å². The third-order valence-corrected chi connectivity index (χ3v) is 3.86. The Morgan fingerprint density at radius 2 is 1.90 bits per heavy atom. The smallest absolute Gasteiger partial charge is 0.338 e. The predicted molar refractivity (Wildman–Crippen MR) is 84.7 cm³/mol. The number of carbonyl (C=O) groups is 1. The Kier molecular flexibility index (Phi) is 4.68. The van der Waals surface area contributed by atoms with E-state index in [4.69, 9.17) is 11.6 Å². The highest BCUT2D eigenvalue weighted by molar-refractivity contribution is 9.10. The zero-order valence-corrected chi connectivity index (χ0v) is 13.1. The summed E-state index contributed by atoms with van der Waals surface area (Å²) >= 11 is 9.14. The van der Waals surface area contributed by atoms with Crippen molar-refractivity contribution in [1.29, 1.82) is 0 Å². The molecular formula is C15H13BrClNO2. The summed E-state index contributed by atoms with van der Waals surface area (Å²) in [7, 11) is 1.86.